The molecule has 0 radical (unpaired) electrons. The summed E-state index contributed by atoms with van der Waals surface area (Å²) in [5, 5.41) is 9.84. The van der Waals surface area contributed by atoms with Gasteiger partial charge in [0.05, 0.1) is 0 Å². The van der Waals surface area contributed by atoms with Gasteiger partial charge < -0.3 is 24.8 Å². The second-order valence-electron chi connectivity index (χ2n) is 9.75. The Kier molecular flexibility index (Phi) is 8.23. The minimum absolute atomic E-state index is 0. The molecule has 2 aliphatic rings. The van der Waals surface area contributed by atoms with E-state index in [1.807, 2.05) is 0 Å². The summed E-state index contributed by atoms with van der Waals surface area (Å²) in [5.74, 6) is 0. The minimum atomic E-state index is -1.04. The first-order chi connectivity index (χ1) is 16.6. The summed E-state index contributed by atoms with van der Waals surface area (Å²) in [6.45, 7) is 4.91. The quantitative estimate of drug-likeness (QED) is 0.320. The third kappa shape index (κ3) is 4.11. The maximum absolute atomic E-state index is 9.84. The van der Waals surface area contributed by atoms with Crippen molar-refractivity contribution in [1.82, 2.24) is 0 Å². The van der Waals surface area contributed by atoms with Crippen LogP contribution >= 0.6 is 0 Å². The molecule has 6 rings (SSSR count). The molecule has 4 heteroatoms. The summed E-state index contributed by atoms with van der Waals surface area (Å²) in [4.78, 5) is 0. The molecular weight excluding hydrogens is 562 g/mol. The third-order valence-electron chi connectivity index (χ3n) is 7.48. The molecule has 1 N–H and O–H groups in total. The van der Waals surface area contributed by atoms with E-state index >= 15 is 0 Å². The largest absolute Gasteiger partial charge is 1.00 e. The molecule has 36 heavy (non-hydrogen) atoms. The first-order valence-electron chi connectivity index (χ1n) is 12.3. The molecule has 0 fully saturated rings. The van der Waals surface area contributed by atoms with Gasteiger partial charge in [0.2, 0.25) is 0 Å². The summed E-state index contributed by atoms with van der Waals surface area (Å²) >= 11 is -1.04. The molecule has 2 aliphatic carbocycles. The van der Waals surface area contributed by atoms with Crippen molar-refractivity contribution in [1.29, 1.82) is 0 Å². The first-order valence-corrected chi connectivity index (χ1v) is 14.7. The van der Waals surface area contributed by atoms with Crippen molar-refractivity contribution in [2.45, 2.75) is 36.2 Å². The fourth-order valence-corrected chi connectivity index (χ4v) is 10.8. The molecule has 0 bridgehead atoms. The SMILES string of the molecule is C[C](C)=[Zr+2][C]1(c2ccc3c(c2CCCO)Cc2ccccc2-3)c2ccccc2-c2ccccc21.[Cl-].[Cl-]. The van der Waals surface area contributed by atoms with Gasteiger partial charge in [-0.25, -0.2) is 0 Å². The van der Waals surface area contributed by atoms with Gasteiger partial charge in [-0.05, 0) is 0 Å². The van der Waals surface area contributed by atoms with Crippen molar-refractivity contribution in [2.75, 3.05) is 6.61 Å². The number of hydrogen-bond donors (Lipinski definition) is 1. The molecule has 0 atom stereocenters. The van der Waals surface area contributed by atoms with Gasteiger partial charge in [0.15, 0.2) is 0 Å². The van der Waals surface area contributed by atoms with Gasteiger partial charge in [-0.1, -0.05) is 0 Å². The number of aliphatic hydroxyl groups excluding tert-OH is 1. The van der Waals surface area contributed by atoms with Crippen molar-refractivity contribution in [3.05, 3.63) is 118 Å². The van der Waals surface area contributed by atoms with E-state index < -0.39 is 22.8 Å². The van der Waals surface area contributed by atoms with Crippen LogP contribution in [-0.4, -0.2) is 14.9 Å². The predicted molar refractivity (Wildman–Crippen MR) is 138 cm³/mol. The van der Waals surface area contributed by atoms with E-state index in [4.69, 9.17) is 0 Å². The summed E-state index contributed by atoms with van der Waals surface area (Å²) in [6.07, 6.45) is 2.73. The zero-order valence-electron chi connectivity index (χ0n) is 20.6. The van der Waals surface area contributed by atoms with Gasteiger partial charge >= 0.3 is 214 Å². The standard InChI is InChI=1S/C29H23O.C3H6.2ClH.Zr/c30-17-7-14-23-27(16-15-24-20-9-2-1-8-19(20)18-28(23)24)29-25-12-5-3-10-21(25)22-11-4-6-13-26(22)29;1-3-2;;;/h1-6,8-13,15-16,30H,7,14,17-18H2;1-2H3;2*1H;/q;;;;+2/p-2. The Hall–Kier alpha value is -1.83. The van der Waals surface area contributed by atoms with Crippen LogP contribution in [0.5, 0.6) is 0 Å². The fraction of sp³-hybridized carbons (Fsp3) is 0.219. The van der Waals surface area contributed by atoms with Crippen molar-refractivity contribution in [2.24, 2.45) is 0 Å². The molecule has 4 aromatic carbocycles. The van der Waals surface area contributed by atoms with E-state index in [2.05, 4.69) is 98.8 Å². The van der Waals surface area contributed by atoms with Gasteiger partial charge in [-0.3, -0.25) is 0 Å². The molecule has 4 aromatic rings. The molecule has 0 aromatic heterocycles. The van der Waals surface area contributed by atoms with Gasteiger partial charge in [0, 0.05) is 0 Å². The van der Waals surface area contributed by atoms with Crippen LogP contribution in [-0.2, 0) is 38.7 Å². The summed E-state index contributed by atoms with van der Waals surface area (Å²) < 4.78 is 1.57. The Balaban J connectivity index is 0.00000152. The Bertz CT molecular complexity index is 1410. The number of halogens is 2. The zero-order chi connectivity index (χ0) is 23.3. The summed E-state index contributed by atoms with van der Waals surface area (Å²) in [5.41, 5.74) is 14.5. The molecule has 1 nitrogen and oxygen atoms in total. The predicted octanol–water partition coefficient (Wildman–Crippen LogP) is 0.758. The second kappa shape index (κ2) is 10.9. The van der Waals surface area contributed by atoms with Crippen LogP contribution in [0.25, 0.3) is 22.3 Å². The monoisotopic (exact) mass is 589 g/mol. The molecular formula is C32H29Cl2OZr. The molecule has 0 unspecified atom stereocenters. The van der Waals surface area contributed by atoms with E-state index in [1.54, 1.807) is 3.21 Å². The Morgan fingerprint density at radius 1 is 0.722 bits per heavy atom. The zero-order valence-corrected chi connectivity index (χ0v) is 24.6. The second-order valence-corrected chi connectivity index (χ2v) is 14.7. The molecule has 0 aliphatic heterocycles. The number of benzene rings is 4. The Morgan fingerprint density at radius 3 is 1.92 bits per heavy atom. The van der Waals surface area contributed by atoms with Crippen LogP contribution in [0.4, 0.5) is 0 Å². The van der Waals surface area contributed by atoms with Crippen molar-refractivity contribution < 1.29 is 52.7 Å². The normalized spacial score (nSPS) is 13.3. The molecule has 0 amide bonds. The van der Waals surface area contributed by atoms with E-state index in [0.717, 1.165) is 19.3 Å². The van der Waals surface area contributed by atoms with E-state index in [9.17, 15) is 5.11 Å². The van der Waals surface area contributed by atoms with Crippen LogP contribution in [0.3, 0.4) is 0 Å². The summed E-state index contributed by atoms with van der Waals surface area (Å²) in [7, 11) is 0. The number of aliphatic hydroxyl groups is 1. The minimum Gasteiger partial charge on any atom is -1.00 e. The maximum atomic E-state index is 9.84. The van der Waals surface area contributed by atoms with Crippen LogP contribution in [0.15, 0.2) is 84.9 Å². The van der Waals surface area contributed by atoms with Gasteiger partial charge in [0.1, 0.15) is 0 Å². The van der Waals surface area contributed by atoms with Gasteiger partial charge in [-0.2, -0.15) is 0 Å². The summed E-state index contributed by atoms with van der Waals surface area (Å²) in [6, 6.07) is 31.9. The number of rotatable bonds is 5. The Labute approximate surface area is 237 Å². The van der Waals surface area contributed by atoms with Crippen molar-refractivity contribution >= 4 is 3.21 Å². The molecule has 0 spiro atoms. The van der Waals surface area contributed by atoms with Crippen molar-refractivity contribution in [3.8, 4) is 22.3 Å². The average Bonchev–Trinajstić information content (AvgIpc) is 3.37. The maximum Gasteiger partial charge on any atom is -1.00 e. The van der Waals surface area contributed by atoms with Crippen LogP contribution < -0.4 is 24.8 Å². The fourth-order valence-electron chi connectivity index (χ4n) is 6.27. The topological polar surface area (TPSA) is 20.2 Å². The van der Waals surface area contributed by atoms with Crippen LogP contribution in [0.2, 0.25) is 0 Å². The smallest absolute Gasteiger partial charge is 1.00 e. The van der Waals surface area contributed by atoms with E-state index in [0.29, 0.717) is 0 Å². The molecule has 181 valence electrons. The third-order valence-corrected chi connectivity index (χ3v) is 11.6. The van der Waals surface area contributed by atoms with Crippen LogP contribution in [0.1, 0.15) is 53.6 Å². The van der Waals surface area contributed by atoms with Crippen LogP contribution in [0, 0.1) is 0 Å². The Morgan fingerprint density at radius 2 is 1.31 bits per heavy atom. The number of hydrogen-bond acceptors (Lipinski definition) is 1. The van der Waals surface area contributed by atoms with Gasteiger partial charge in [-0.15, -0.1) is 0 Å². The van der Waals surface area contributed by atoms with E-state index in [1.165, 1.54) is 55.6 Å². The average molecular weight is 592 g/mol. The first kappa shape index (κ1) is 27.2. The van der Waals surface area contributed by atoms with Crippen molar-refractivity contribution in [3.63, 3.8) is 0 Å². The number of fused-ring (bicyclic) bond motifs is 6. The molecule has 0 saturated carbocycles. The van der Waals surface area contributed by atoms with Gasteiger partial charge in [0.25, 0.3) is 0 Å². The molecule has 0 heterocycles. The molecule has 0 saturated heterocycles. The van der Waals surface area contributed by atoms with E-state index in [-0.39, 0.29) is 34.5 Å².